The van der Waals surface area contributed by atoms with Crippen LogP contribution in [0.5, 0.6) is 0 Å². The highest BCUT2D eigenvalue weighted by Crippen LogP contribution is 2.26. The van der Waals surface area contributed by atoms with Gasteiger partial charge < -0.3 is 5.32 Å². The molecule has 1 aromatic carbocycles. The van der Waals surface area contributed by atoms with Gasteiger partial charge in [-0.1, -0.05) is 31.2 Å². The van der Waals surface area contributed by atoms with Crippen LogP contribution in [0.4, 0.5) is 11.4 Å². The van der Waals surface area contributed by atoms with Crippen LogP contribution in [0.3, 0.4) is 0 Å². The molecule has 0 radical (unpaired) electrons. The molecule has 1 unspecified atom stereocenters. The van der Waals surface area contributed by atoms with E-state index in [-0.39, 0.29) is 11.5 Å². The van der Waals surface area contributed by atoms with E-state index in [2.05, 4.69) is 27.3 Å². The molecule has 0 aliphatic rings. The minimum atomic E-state index is -0.152. The number of aryl methyl sites for hydroxylation is 1. The van der Waals surface area contributed by atoms with Gasteiger partial charge in [0.05, 0.1) is 17.6 Å². The van der Waals surface area contributed by atoms with Crippen molar-refractivity contribution in [3.8, 4) is 0 Å². The van der Waals surface area contributed by atoms with Gasteiger partial charge in [-0.15, -0.1) is 0 Å². The summed E-state index contributed by atoms with van der Waals surface area (Å²) in [5.41, 5.74) is 3.06. The third kappa shape index (κ3) is 3.36. The van der Waals surface area contributed by atoms with Crippen LogP contribution in [0.2, 0.25) is 0 Å². The van der Waals surface area contributed by atoms with Crippen LogP contribution >= 0.6 is 0 Å². The summed E-state index contributed by atoms with van der Waals surface area (Å²) in [5, 5.41) is 9.88. The SMILES string of the molecule is CCn1nc(C(C)c2ccncc2)cc(Nc2cncc3ccccc23)c1=O. The Balaban J connectivity index is 1.79. The summed E-state index contributed by atoms with van der Waals surface area (Å²) in [6.45, 7) is 4.49. The number of anilines is 2. The molecular formula is C22H21N5O. The predicted molar refractivity (Wildman–Crippen MR) is 111 cm³/mol. The Kier molecular flexibility index (Phi) is 4.85. The number of aromatic nitrogens is 4. The van der Waals surface area contributed by atoms with Gasteiger partial charge in [0.1, 0.15) is 5.69 Å². The molecule has 140 valence electrons. The number of benzene rings is 1. The topological polar surface area (TPSA) is 72.7 Å². The van der Waals surface area contributed by atoms with Crippen LogP contribution < -0.4 is 10.9 Å². The van der Waals surface area contributed by atoms with E-state index in [0.29, 0.717) is 12.2 Å². The molecule has 0 aliphatic heterocycles. The lowest BCUT2D eigenvalue weighted by Gasteiger charge is -2.16. The fourth-order valence-electron chi connectivity index (χ4n) is 3.26. The Hall–Kier alpha value is -3.54. The van der Waals surface area contributed by atoms with Crippen molar-refractivity contribution >= 4 is 22.1 Å². The number of fused-ring (bicyclic) bond motifs is 1. The quantitative estimate of drug-likeness (QED) is 0.572. The zero-order chi connectivity index (χ0) is 19.5. The average Bonchev–Trinajstić information content (AvgIpc) is 2.75. The number of nitrogens with zero attached hydrogens (tertiary/aromatic N) is 4. The van der Waals surface area contributed by atoms with E-state index in [1.54, 1.807) is 18.6 Å². The van der Waals surface area contributed by atoms with E-state index in [1.807, 2.05) is 55.6 Å². The van der Waals surface area contributed by atoms with Crippen molar-refractivity contribution in [2.45, 2.75) is 26.3 Å². The second kappa shape index (κ2) is 7.60. The van der Waals surface area contributed by atoms with Gasteiger partial charge in [-0.3, -0.25) is 14.8 Å². The first kappa shape index (κ1) is 17.9. The fourth-order valence-corrected chi connectivity index (χ4v) is 3.26. The zero-order valence-corrected chi connectivity index (χ0v) is 15.8. The monoisotopic (exact) mass is 371 g/mol. The Bertz CT molecular complexity index is 1170. The maximum Gasteiger partial charge on any atom is 0.290 e. The molecular weight excluding hydrogens is 350 g/mol. The van der Waals surface area contributed by atoms with Crippen LogP contribution in [0.15, 0.2) is 72.0 Å². The molecule has 4 rings (SSSR count). The predicted octanol–water partition coefficient (Wildman–Crippen LogP) is 4.10. The molecule has 0 aliphatic carbocycles. The first-order valence-corrected chi connectivity index (χ1v) is 9.29. The van der Waals surface area contributed by atoms with E-state index in [0.717, 1.165) is 27.7 Å². The van der Waals surface area contributed by atoms with Crippen molar-refractivity contribution < 1.29 is 0 Å². The van der Waals surface area contributed by atoms with E-state index in [1.165, 1.54) is 4.68 Å². The number of hydrogen-bond acceptors (Lipinski definition) is 5. The van der Waals surface area contributed by atoms with E-state index in [9.17, 15) is 4.79 Å². The molecule has 28 heavy (non-hydrogen) atoms. The van der Waals surface area contributed by atoms with Crippen LogP contribution in [0.25, 0.3) is 10.8 Å². The maximum atomic E-state index is 12.9. The van der Waals surface area contributed by atoms with Crippen molar-refractivity contribution in [1.82, 2.24) is 19.7 Å². The molecule has 0 fully saturated rings. The summed E-state index contributed by atoms with van der Waals surface area (Å²) in [6.07, 6.45) is 7.09. The van der Waals surface area contributed by atoms with Gasteiger partial charge in [0.25, 0.3) is 5.56 Å². The second-order valence-electron chi connectivity index (χ2n) is 6.64. The summed E-state index contributed by atoms with van der Waals surface area (Å²) in [7, 11) is 0. The maximum absolute atomic E-state index is 12.9. The lowest BCUT2D eigenvalue weighted by Crippen LogP contribution is -2.26. The molecule has 6 nitrogen and oxygen atoms in total. The average molecular weight is 371 g/mol. The highest BCUT2D eigenvalue weighted by atomic mass is 16.1. The van der Waals surface area contributed by atoms with Gasteiger partial charge >= 0.3 is 0 Å². The summed E-state index contributed by atoms with van der Waals surface area (Å²) >= 11 is 0. The number of rotatable bonds is 5. The normalized spacial score (nSPS) is 12.1. The highest BCUT2D eigenvalue weighted by Gasteiger charge is 2.15. The van der Waals surface area contributed by atoms with Crippen molar-refractivity contribution in [3.05, 3.63) is 88.9 Å². The lowest BCUT2D eigenvalue weighted by molar-refractivity contribution is 0.592. The molecule has 0 saturated heterocycles. The smallest absolute Gasteiger partial charge is 0.290 e. The Morgan fingerprint density at radius 1 is 1.04 bits per heavy atom. The van der Waals surface area contributed by atoms with Crippen molar-refractivity contribution in [3.63, 3.8) is 0 Å². The highest BCUT2D eigenvalue weighted by molar-refractivity contribution is 5.94. The van der Waals surface area contributed by atoms with Gasteiger partial charge in [0, 0.05) is 41.8 Å². The Morgan fingerprint density at radius 2 is 1.82 bits per heavy atom. The van der Waals surface area contributed by atoms with Crippen molar-refractivity contribution in [2.75, 3.05) is 5.32 Å². The van der Waals surface area contributed by atoms with Crippen LogP contribution in [-0.4, -0.2) is 19.7 Å². The summed E-state index contributed by atoms with van der Waals surface area (Å²) in [4.78, 5) is 21.2. The zero-order valence-electron chi connectivity index (χ0n) is 15.8. The molecule has 0 amide bonds. The van der Waals surface area contributed by atoms with Gasteiger partial charge in [-0.2, -0.15) is 5.10 Å². The molecule has 0 bridgehead atoms. The van der Waals surface area contributed by atoms with E-state index < -0.39 is 0 Å². The Labute approximate surface area is 162 Å². The van der Waals surface area contributed by atoms with Gasteiger partial charge in [0.15, 0.2) is 0 Å². The first-order valence-electron chi connectivity index (χ1n) is 9.29. The Morgan fingerprint density at radius 3 is 2.61 bits per heavy atom. The standard InChI is InChI=1S/C22H21N5O/c1-3-27-22(28)20(12-19(26-27)15(2)16-8-10-23-11-9-16)25-21-14-24-13-17-6-4-5-7-18(17)21/h4-15,25H,3H2,1-2H3. The summed E-state index contributed by atoms with van der Waals surface area (Å²) in [6, 6.07) is 13.7. The molecule has 6 heteroatoms. The molecule has 3 heterocycles. The van der Waals surface area contributed by atoms with Crippen LogP contribution in [-0.2, 0) is 6.54 Å². The van der Waals surface area contributed by atoms with E-state index >= 15 is 0 Å². The van der Waals surface area contributed by atoms with Gasteiger partial charge in [0.2, 0.25) is 0 Å². The lowest BCUT2D eigenvalue weighted by atomic mass is 9.98. The van der Waals surface area contributed by atoms with Gasteiger partial charge in [-0.25, -0.2) is 4.68 Å². The number of pyridine rings is 2. The van der Waals surface area contributed by atoms with Crippen LogP contribution in [0.1, 0.15) is 31.0 Å². The minimum Gasteiger partial charge on any atom is -0.349 e. The van der Waals surface area contributed by atoms with Gasteiger partial charge in [-0.05, 0) is 30.7 Å². The number of hydrogen-bond donors (Lipinski definition) is 1. The third-order valence-corrected chi connectivity index (χ3v) is 4.88. The molecule has 3 aromatic heterocycles. The van der Waals surface area contributed by atoms with E-state index in [4.69, 9.17) is 0 Å². The third-order valence-electron chi connectivity index (χ3n) is 4.88. The molecule has 4 aromatic rings. The fraction of sp³-hybridized carbons (Fsp3) is 0.182. The second-order valence-corrected chi connectivity index (χ2v) is 6.64. The van der Waals surface area contributed by atoms with Crippen molar-refractivity contribution in [2.24, 2.45) is 0 Å². The molecule has 0 saturated carbocycles. The summed E-state index contributed by atoms with van der Waals surface area (Å²) < 4.78 is 1.49. The molecule has 1 N–H and O–H groups in total. The van der Waals surface area contributed by atoms with Crippen molar-refractivity contribution in [1.29, 1.82) is 0 Å². The minimum absolute atomic E-state index is 0.0348. The molecule has 0 spiro atoms. The largest absolute Gasteiger partial charge is 0.349 e. The first-order chi connectivity index (χ1) is 13.7. The van der Waals surface area contributed by atoms with Crippen LogP contribution in [0, 0.1) is 0 Å². The summed E-state index contributed by atoms with van der Waals surface area (Å²) in [5.74, 6) is 0.0348. The molecule has 1 atom stereocenters. The number of nitrogens with one attached hydrogen (secondary N) is 1.